The standard InChI is InChI=1S/C14H26O/c1-9(8-15)11-7-12(11)13-6-5-10(2)14(13,3)4/h9-13,15H,5-8H2,1-4H3. The molecule has 0 spiro atoms. The smallest absolute Gasteiger partial charge is 0.0459 e. The maximum Gasteiger partial charge on any atom is 0.0459 e. The van der Waals surface area contributed by atoms with Gasteiger partial charge in [-0.3, -0.25) is 0 Å². The molecule has 0 amide bonds. The predicted octanol–water partition coefficient (Wildman–Crippen LogP) is 3.32. The molecule has 0 aliphatic heterocycles. The Labute approximate surface area is 94.3 Å². The van der Waals surface area contributed by atoms with E-state index >= 15 is 0 Å². The first-order valence-electron chi connectivity index (χ1n) is 6.59. The fourth-order valence-corrected chi connectivity index (χ4v) is 3.79. The van der Waals surface area contributed by atoms with Crippen LogP contribution in [0.25, 0.3) is 0 Å². The van der Waals surface area contributed by atoms with Crippen LogP contribution >= 0.6 is 0 Å². The van der Waals surface area contributed by atoms with Crippen LogP contribution in [0.15, 0.2) is 0 Å². The van der Waals surface area contributed by atoms with E-state index in [0.29, 0.717) is 17.9 Å². The minimum Gasteiger partial charge on any atom is -0.396 e. The highest BCUT2D eigenvalue weighted by Crippen LogP contribution is 2.60. The number of aliphatic hydroxyl groups is 1. The van der Waals surface area contributed by atoms with Crippen molar-refractivity contribution < 1.29 is 5.11 Å². The van der Waals surface area contributed by atoms with E-state index in [9.17, 15) is 5.11 Å². The Morgan fingerprint density at radius 1 is 1.33 bits per heavy atom. The molecule has 2 rings (SSSR count). The summed E-state index contributed by atoms with van der Waals surface area (Å²) < 4.78 is 0. The summed E-state index contributed by atoms with van der Waals surface area (Å²) in [6.45, 7) is 9.90. The molecule has 88 valence electrons. The lowest BCUT2D eigenvalue weighted by Gasteiger charge is -2.32. The summed E-state index contributed by atoms with van der Waals surface area (Å²) >= 11 is 0. The third-order valence-corrected chi connectivity index (χ3v) is 5.56. The van der Waals surface area contributed by atoms with E-state index in [1.807, 2.05) is 0 Å². The Balaban J connectivity index is 1.97. The van der Waals surface area contributed by atoms with Crippen molar-refractivity contribution in [2.45, 2.75) is 47.0 Å². The van der Waals surface area contributed by atoms with Crippen molar-refractivity contribution >= 4 is 0 Å². The van der Waals surface area contributed by atoms with Crippen LogP contribution in [0.5, 0.6) is 0 Å². The highest BCUT2D eigenvalue weighted by Gasteiger charge is 2.53. The normalized spacial score (nSPS) is 45.4. The van der Waals surface area contributed by atoms with Crippen molar-refractivity contribution in [1.29, 1.82) is 0 Å². The van der Waals surface area contributed by atoms with Gasteiger partial charge < -0.3 is 5.11 Å². The number of aliphatic hydroxyl groups excluding tert-OH is 1. The first kappa shape index (κ1) is 11.4. The second-order valence-corrected chi connectivity index (χ2v) is 6.63. The molecular formula is C14H26O. The van der Waals surface area contributed by atoms with E-state index in [4.69, 9.17) is 0 Å². The molecule has 2 fully saturated rings. The van der Waals surface area contributed by atoms with Crippen LogP contribution in [-0.4, -0.2) is 11.7 Å². The van der Waals surface area contributed by atoms with Crippen molar-refractivity contribution in [1.82, 2.24) is 0 Å². The molecule has 5 atom stereocenters. The molecule has 2 aliphatic carbocycles. The van der Waals surface area contributed by atoms with Crippen LogP contribution in [0.3, 0.4) is 0 Å². The van der Waals surface area contributed by atoms with Gasteiger partial charge in [-0.05, 0) is 54.3 Å². The fourth-order valence-electron chi connectivity index (χ4n) is 3.79. The second-order valence-electron chi connectivity index (χ2n) is 6.63. The molecule has 0 saturated heterocycles. The van der Waals surface area contributed by atoms with E-state index in [1.54, 1.807) is 0 Å². The monoisotopic (exact) mass is 210 g/mol. The lowest BCUT2D eigenvalue weighted by atomic mass is 9.73. The topological polar surface area (TPSA) is 20.2 Å². The van der Waals surface area contributed by atoms with Crippen molar-refractivity contribution in [3.05, 3.63) is 0 Å². The molecule has 1 nitrogen and oxygen atoms in total. The Bertz CT molecular complexity index is 233. The summed E-state index contributed by atoms with van der Waals surface area (Å²) in [4.78, 5) is 0. The molecular weight excluding hydrogens is 184 g/mol. The third kappa shape index (κ3) is 1.84. The highest BCUT2D eigenvalue weighted by atomic mass is 16.3. The van der Waals surface area contributed by atoms with Crippen LogP contribution in [0.2, 0.25) is 0 Å². The highest BCUT2D eigenvalue weighted by molar-refractivity contribution is 5.02. The molecule has 2 saturated carbocycles. The maximum absolute atomic E-state index is 9.19. The lowest BCUT2D eigenvalue weighted by molar-refractivity contribution is 0.155. The number of hydrogen-bond donors (Lipinski definition) is 1. The lowest BCUT2D eigenvalue weighted by Crippen LogP contribution is -2.26. The minimum absolute atomic E-state index is 0.379. The maximum atomic E-state index is 9.19. The zero-order chi connectivity index (χ0) is 11.2. The third-order valence-electron chi connectivity index (χ3n) is 5.56. The summed E-state index contributed by atoms with van der Waals surface area (Å²) in [6, 6.07) is 0. The van der Waals surface area contributed by atoms with E-state index in [0.717, 1.165) is 23.7 Å². The molecule has 1 N–H and O–H groups in total. The van der Waals surface area contributed by atoms with Crippen LogP contribution in [-0.2, 0) is 0 Å². The Morgan fingerprint density at radius 3 is 2.47 bits per heavy atom. The summed E-state index contributed by atoms with van der Waals surface area (Å²) in [5.41, 5.74) is 0.536. The molecule has 0 aromatic heterocycles. The average Bonchev–Trinajstić information content (AvgIpc) is 2.91. The van der Waals surface area contributed by atoms with Gasteiger partial charge in [-0.1, -0.05) is 27.7 Å². The molecule has 0 heterocycles. The number of hydrogen-bond acceptors (Lipinski definition) is 1. The summed E-state index contributed by atoms with van der Waals surface area (Å²) in [5, 5.41) is 9.19. The van der Waals surface area contributed by atoms with Gasteiger partial charge in [0.1, 0.15) is 0 Å². The SMILES string of the molecule is CC(CO)C1CC1C1CCC(C)C1(C)C. The number of rotatable bonds is 3. The molecule has 2 aliphatic rings. The van der Waals surface area contributed by atoms with Gasteiger partial charge in [0.25, 0.3) is 0 Å². The van der Waals surface area contributed by atoms with E-state index in [-0.39, 0.29) is 0 Å². The van der Waals surface area contributed by atoms with Crippen LogP contribution in [0.1, 0.15) is 47.0 Å². The molecule has 0 aromatic carbocycles. The molecule has 0 aromatic rings. The molecule has 0 radical (unpaired) electrons. The fraction of sp³-hybridized carbons (Fsp3) is 1.00. The molecule has 5 unspecified atom stereocenters. The van der Waals surface area contributed by atoms with E-state index in [1.165, 1.54) is 19.3 Å². The zero-order valence-corrected chi connectivity index (χ0v) is 10.7. The van der Waals surface area contributed by atoms with Gasteiger partial charge in [-0.15, -0.1) is 0 Å². The first-order valence-corrected chi connectivity index (χ1v) is 6.59. The minimum atomic E-state index is 0.379. The van der Waals surface area contributed by atoms with Crippen molar-refractivity contribution in [3.63, 3.8) is 0 Å². The average molecular weight is 210 g/mol. The predicted molar refractivity (Wildman–Crippen MR) is 63.5 cm³/mol. The summed E-state index contributed by atoms with van der Waals surface area (Å²) in [6.07, 6.45) is 4.21. The van der Waals surface area contributed by atoms with Crippen LogP contribution < -0.4 is 0 Å². The summed E-state index contributed by atoms with van der Waals surface area (Å²) in [5.74, 6) is 4.08. The Kier molecular flexibility index (Phi) is 2.87. The van der Waals surface area contributed by atoms with Crippen molar-refractivity contribution in [3.8, 4) is 0 Å². The van der Waals surface area contributed by atoms with Crippen molar-refractivity contribution in [2.75, 3.05) is 6.61 Å². The second kappa shape index (κ2) is 3.76. The molecule has 1 heteroatoms. The largest absolute Gasteiger partial charge is 0.396 e. The van der Waals surface area contributed by atoms with E-state index < -0.39 is 0 Å². The van der Waals surface area contributed by atoms with Gasteiger partial charge in [0.15, 0.2) is 0 Å². The van der Waals surface area contributed by atoms with Crippen LogP contribution in [0.4, 0.5) is 0 Å². The Morgan fingerprint density at radius 2 is 2.00 bits per heavy atom. The quantitative estimate of drug-likeness (QED) is 0.757. The molecule has 15 heavy (non-hydrogen) atoms. The van der Waals surface area contributed by atoms with Gasteiger partial charge in [0.05, 0.1) is 0 Å². The van der Waals surface area contributed by atoms with Gasteiger partial charge in [-0.25, -0.2) is 0 Å². The van der Waals surface area contributed by atoms with E-state index in [2.05, 4.69) is 27.7 Å². The van der Waals surface area contributed by atoms with Crippen molar-refractivity contribution in [2.24, 2.45) is 35.0 Å². The molecule has 0 bridgehead atoms. The zero-order valence-electron chi connectivity index (χ0n) is 10.7. The van der Waals surface area contributed by atoms with Gasteiger partial charge in [-0.2, -0.15) is 0 Å². The summed E-state index contributed by atoms with van der Waals surface area (Å²) in [7, 11) is 0. The van der Waals surface area contributed by atoms with Gasteiger partial charge in [0.2, 0.25) is 0 Å². The van der Waals surface area contributed by atoms with Gasteiger partial charge >= 0.3 is 0 Å². The Hall–Kier alpha value is -0.0400. The van der Waals surface area contributed by atoms with Gasteiger partial charge in [0, 0.05) is 6.61 Å². The van der Waals surface area contributed by atoms with Crippen LogP contribution in [0, 0.1) is 35.0 Å². The first-order chi connectivity index (χ1) is 6.98.